The van der Waals surface area contributed by atoms with E-state index >= 15 is 0 Å². The highest BCUT2D eigenvalue weighted by Crippen LogP contribution is 2.39. The number of hydrogen-bond donors (Lipinski definition) is 1. The second-order valence-corrected chi connectivity index (χ2v) is 4.28. The van der Waals surface area contributed by atoms with Crippen LogP contribution in [0.3, 0.4) is 0 Å². The molecule has 0 bridgehead atoms. The van der Waals surface area contributed by atoms with Crippen LogP contribution in [-0.4, -0.2) is 15.1 Å². The average Bonchev–Trinajstić information content (AvgIpc) is 2.89. The number of nitrogens with two attached hydrogens (primary N) is 1. The Hall–Kier alpha value is -3.22. The van der Waals surface area contributed by atoms with Gasteiger partial charge < -0.3 is 10.3 Å². The summed E-state index contributed by atoms with van der Waals surface area (Å²) >= 11 is 0. The Morgan fingerprint density at radius 2 is 1.86 bits per heavy atom. The second kappa shape index (κ2) is 5.04. The van der Waals surface area contributed by atoms with Crippen molar-refractivity contribution < 1.29 is 9.45 Å². The van der Waals surface area contributed by atoms with Crippen molar-refractivity contribution in [3.63, 3.8) is 0 Å². The summed E-state index contributed by atoms with van der Waals surface area (Å²) in [6, 6.07) is 9.76. The number of rotatable bonds is 3. The Labute approximate surface area is 119 Å². The molecule has 0 fully saturated rings. The van der Waals surface area contributed by atoms with Gasteiger partial charge in [0.15, 0.2) is 11.6 Å². The van der Waals surface area contributed by atoms with E-state index < -0.39 is 4.92 Å². The Kier molecular flexibility index (Phi) is 3.07. The van der Waals surface area contributed by atoms with E-state index in [2.05, 4.69) is 10.1 Å². The van der Waals surface area contributed by atoms with E-state index in [0.717, 1.165) is 5.56 Å². The van der Waals surface area contributed by atoms with Crippen LogP contribution in [0.5, 0.6) is 0 Å². The summed E-state index contributed by atoms with van der Waals surface area (Å²) < 4.78 is 5.23. The minimum absolute atomic E-state index is 0.0658. The van der Waals surface area contributed by atoms with E-state index in [0.29, 0.717) is 11.1 Å². The van der Waals surface area contributed by atoms with Crippen molar-refractivity contribution in [1.82, 2.24) is 10.1 Å². The van der Waals surface area contributed by atoms with Gasteiger partial charge in [-0.3, -0.25) is 15.1 Å². The van der Waals surface area contributed by atoms with Crippen molar-refractivity contribution in [2.75, 3.05) is 5.73 Å². The maximum atomic E-state index is 11.2. The van der Waals surface area contributed by atoms with Gasteiger partial charge in [0.05, 0.1) is 16.1 Å². The molecule has 0 radical (unpaired) electrons. The monoisotopic (exact) mass is 282 g/mol. The fourth-order valence-electron chi connectivity index (χ4n) is 2.11. The molecule has 0 atom stereocenters. The minimum atomic E-state index is -0.468. The molecular weight excluding hydrogens is 272 g/mol. The molecule has 7 heteroatoms. The Morgan fingerprint density at radius 3 is 2.57 bits per heavy atom. The standard InChI is InChI=1S/C14H10N4O3/c15-14-12(9-5-7-16-8-6-9)13(21-17-14)10-3-1-2-4-11(10)18(19)20/h1-8H,(H2,15,17). The number of benzene rings is 1. The zero-order valence-corrected chi connectivity index (χ0v) is 10.8. The fraction of sp³-hybridized carbons (Fsp3) is 0. The van der Waals surface area contributed by atoms with E-state index in [1.807, 2.05) is 0 Å². The predicted molar refractivity (Wildman–Crippen MR) is 76.2 cm³/mol. The molecule has 3 aromatic rings. The molecule has 2 heterocycles. The van der Waals surface area contributed by atoms with Gasteiger partial charge in [-0.25, -0.2) is 0 Å². The van der Waals surface area contributed by atoms with Gasteiger partial charge in [-0.1, -0.05) is 17.3 Å². The lowest BCUT2D eigenvalue weighted by molar-refractivity contribution is -0.384. The van der Waals surface area contributed by atoms with Crippen LogP contribution < -0.4 is 5.73 Å². The van der Waals surface area contributed by atoms with Gasteiger partial charge in [0.1, 0.15) is 0 Å². The van der Waals surface area contributed by atoms with Gasteiger partial charge in [0.25, 0.3) is 5.69 Å². The molecule has 0 spiro atoms. The molecule has 0 aliphatic heterocycles. The summed E-state index contributed by atoms with van der Waals surface area (Å²) in [4.78, 5) is 14.6. The maximum absolute atomic E-state index is 11.2. The van der Waals surface area contributed by atoms with Gasteiger partial charge in [-0.15, -0.1) is 0 Å². The molecule has 0 aliphatic rings. The van der Waals surface area contributed by atoms with E-state index in [-0.39, 0.29) is 17.3 Å². The Balaban J connectivity index is 2.25. The molecule has 1 aromatic carbocycles. The van der Waals surface area contributed by atoms with Crippen molar-refractivity contribution in [2.24, 2.45) is 0 Å². The van der Waals surface area contributed by atoms with Crippen LogP contribution in [0.1, 0.15) is 0 Å². The van der Waals surface area contributed by atoms with Gasteiger partial charge in [0.2, 0.25) is 0 Å². The summed E-state index contributed by atoms with van der Waals surface area (Å²) in [5, 5.41) is 14.9. The number of nitro benzene ring substituents is 1. The first-order chi connectivity index (χ1) is 10.2. The van der Waals surface area contributed by atoms with Crippen molar-refractivity contribution in [2.45, 2.75) is 0 Å². The topological polar surface area (TPSA) is 108 Å². The van der Waals surface area contributed by atoms with E-state index in [4.69, 9.17) is 10.3 Å². The lowest BCUT2D eigenvalue weighted by Crippen LogP contribution is -1.93. The van der Waals surface area contributed by atoms with Gasteiger partial charge in [0, 0.05) is 18.5 Å². The zero-order chi connectivity index (χ0) is 14.8. The number of nitro groups is 1. The minimum Gasteiger partial charge on any atom is -0.380 e. The number of para-hydroxylation sites is 1. The smallest absolute Gasteiger partial charge is 0.280 e. The molecular formula is C14H10N4O3. The van der Waals surface area contributed by atoms with E-state index in [9.17, 15) is 10.1 Å². The van der Waals surface area contributed by atoms with E-state index in [1.165, 1.54) is 6.07 Å². The Bertz CT molecular complexity index is 799. The number of nitrogens with zero attached hydrogens (tertiary/aromatic N) is 3. The lowest BCUT2D eigenvalue weighted by atomic mass is 10.0. The summed E-state index contributed by atoms with van der Waals surface area (Å²) in [5.74, 6) is 0.445. The first-order valence-corrected chi connectivity index (χ1v) is 6.08. The highest BCUT2D eigenvalue weighted by molar-refractivity contribution is 5.89. The SMILES string of the molecule is Nc1noc(-c2ccccc2[N+](=O)[O-])c1-c1ccncc1. The van der Waals surface area contributed by atoms with Crippen molar-refractivity contribution in [3.8, 4) is 22.5 Å². The summed E-state index contributed by atoms with van der Waals surface area (Å²) in [7, 11) is 0. The van der Waals surface area contributed by atoms with Crippen molar-refractivity contribution in [1.29, 1.82) is 0 Å². The molecule has 0 saturated heterocycles. The molecule has 104 valence electrons. The highest BCUT2D eigenvalue weighted by atomic mass is 16.6. The molecule has 0 aliphatic carbocycles. The third-order valence-corrected chi connectivity index (χ3v) is 3.03. The average molecular weight is 282 g/mol. The van der Waals surface area contributed by atoms with E-state index in [1.54, 1.807) is 42.7 Å². The van der Waals surface area contributed by atoms with Crippen molar-refractivity contribution >= 4 is 11.5 Å². The van der Waals surface area contributed by atoms with Crippen LogP contribution in [0, 0.1) is 10.1 Å². The van der Waals surface area contributed by atoms with Crippen LogP contribution >= 0.6 is 0 Å². The van der Waals surface area contributed by atoms with Gasteiger partial charge in [-0.2, -0.15) is 0 Å². The molecule has 7 nitrogen and oxygen atoms in total. The van der Waals surface area contributed by atoms with Crippen LogP contribution in [0.25, 0.3) is 22.5 Å². The largest absolute Gasteiger partial charge is 0.380 e. The molecule has 3 rings (SSSR count). The van der Waals surface area contributed by atoms with Crippen LogP contribution in [-0.2, 0) is 0 Å². The van der Waals surface area contributed by atoms with Gasteiger partial charge >= 0.3 is 0 Å². The number of pyridine rings is 1. The second-order valence-electron chi connectivity index (χ2n) is 4.28. The van der Waals surface area contributed by atoms with Crippen molar-refractivity contribution in [3.05, 3.63) is 58.9 Å². The molecule has 21 heavy (non-hydrogen) atoms. The molecule has 2 aromatic heterocycles. The summed E-state index contributed by atoms with van der Waals surface area (Å²) in [5.41, 5.74) is 7.36. The zero-order valence-electron chi connectivity index (χ0n) is 10.8. The predicted octanol–water partition coefficient (Wildman–Crippen LogP) is 2.89. The first-order valence-electron chi connectivity index (χ1n) is 6.08. The summed E-state index contributed by atoms with van der Waals surface area (Å²) in [6.07, 6.45) is 3.20. The maximum Gasteiger partial charge on any atom is 0.280 e. The molecule has 0 unspecified atom stereocenters. The molecule has 0 amide bonds. The molecule has 0 saturated carbocycles. The first kappa shape index (κ1) is 12.8. The Morgan fingerprint density at radius 1 is 1.14 bits per heavy atom. The summed E-state index contributed by atoms with van der Waals surface area (Å²) in [6.45, 7) is 0. The third kappa shape index (κ3) is 2.20. The normalized spacial score (nSPS) is 10.5. The number of hydrogen-bond acceptors (Lipinski definition) is 6. The quantitative estimate of drug-likeness (QED) is 0.584. The lowest BCUT2D eigenvalue weighted by Gasteiger charge is -2.03. The number of anilines is 1. The van der Waals surface area contributed by atoms with Crippen LogP contribution in [0.15, 0.2) is 53.3 Å². The number of nitrogen functional groups attached to an aromatic ring is 1. The van der Waals surface area contributed by atoms with Crippen LogP contribution in [0.4, 0.5) is 11.5 Å². The number of aromatic nitrogens is 2. The van der Waals surface area contributed by atoms with Crippen LogP contribution in [0.2, 0.25) is 0 Å². The van der Waals surface area contributed by atoms with Gasteiger partial charge in [-0.05, 0) is 23.8 Å². The third-order valence-electron chi connectivity index (χ3n) is 3.03. The molecule has 2 N–H and O–H groups in total. The highest BCUT2D eigenvalue weighted by Gasteiger charge is 2.24. The fourth-order valence-corrected chi connectivity index (χ4v) is 2.11.